The molecule has 0 amide bonds. The van der Waals surface area contributed by atoms with Gasteiger partial charge in [0.05, 0.1) is 12.5 Å². The van der Waals surface area contributed by atoms with Crippen LogP contribution in [0.25, 0.3) is 0 Å². The molecule has 0 aliphatic rings. The van der Waals surface area contributed by atoms with Gasteiger partial charge in [-0.05, 0) is 25.7 Å². The van der Waals surface area contributed by atoms with Gasteiger partial charge in [-0.25, -0.2) is 0 Å². The highest BCUT2D eigenvalue weighted by atomic mass is 16.5. The molecular weight excluding hydrogens is 168 g/mol. The van der Waals surface area contributed by atoms with Crippen LogP contribution in [-0.4, -0.2) is 23.8 Å². The molecule has 0 heterocycles. The summed E-state index contributed by atoms with van der Waals surface area (Å²) < 4.78 is 5.32. The summed E-state index contributed by atoms with van der Waals surface area (Å²) in [6.07, 6.45) is 2.09. The lowest BCUT2D eigenvalue weighted by atomic mass is 10.1. The fourth-order valence-corrected chi connectivity index (χ4v) is 1.08. The molecule has 0 aromatic rings. The van der Waals surface area contributed by atoms with Crippen molar-refractivity contribution in [3.05, 3.63) is 0 Å². The number of carboxylic acids is 1. The highest BCUT2D eigenvalue weighted by Gasteiger charge is 2.06. The first-order valence-corrected chi connectivity index (χ1v) is 4.85. The van der Waals surface area contributed by atoms with Crippen LogP contribution in [0.1, 0.15) is 40.0 Å². The van der Waals surface area contributed by atoms with Crippen molar-refractivity contribution in [3.8, 4) is 0 Å². The van der Waals surface area contributed by atoms with Gasteiger partial charge in [0, 0.05) is 6.61 Å². The molecule has 0 aliphatic carbocycles. The Morgan fingerprint density at radius 3 is 2.46 bits per heavy atom. The van der Waals surface area contributed by atoms with Crippen LogP contribution in [0.4, 0.5) is 0 Å². The number of hydrogen-bond donors (Lipinski definition) is 1. The first-order chi connectivity index (χ1) is 6.02. The highest BCUT2D eigenvalue weighted by molar-refractivity contribution is 5.67. The molecule has 0 saturated carbocycles. The Kier molecular flexibility index (Phi) is 6.59. The molecule has 78 valence electrons. The van der Waals surface area contributed by atoms with E-state index in [0.29, 0.717) is 12.5 Å². The Labute approximate surface area is 80.1 Å². The van der Waals surface area contributed by atoms with Gasteiger partial charge in [0.2, 0.25) is 0 Å². The van der Waals surface area contributed by atoms with E-state index >= 15 is 0 Å². The lowest BCUT2D eigenvalue weighted by Gasteiger charge is -2.11. The van der Waals surface area contributed by atoms with E-state index in [4.69, 9.17) is 9.84 Å². The predicted molar refractivity (Wildman–Crippen MR) is 51.7 cm³/mol. The predicted octanol–water partition coefficient (Wildman–Crippen LogP) is 2.30. The topological polar surface area (TPSA) is 46.5 Å². The molecule has 3 nitrogen and oxygen atoms in total. The minimum Gasteiger partial charge on any atom is -0.481 e. The second-order valence-corrected chi connectivity index (χ2v) is 3.82. The minimum absolute atomic E-state index is 0.0989. The standard InChI is InChI=1S/C10H20O3/c1-8(2)5-4-6-13-9(3)7-10(11)12/h8-9H,4-7H2,1-3H3,(H,11,12)/t9-/m1/s1. The van der Waals surface area contributed by atoms with Gasteiger partial charge in [-0.15, -0.1) is 0 Å². The molecular formula is C10H20O3. The van der Waals surface area contributed by atoms with Gasteiger partial charge < -0.3 is 9.84 Å². The third-order valence-corrected chi connectivity index (χ3v) is 1.79. The summed E-state index contributed by atoms with van der Waals surface area (Å²) in [5.74, 6) is -0.102. The second kappa shape index (κ2) is 6.89. The Bertz CT molecular complexity index is 143. The smallest absolute Gasteiger partial charge is 0.305 e. The highest BCUT2D eigenvalue weighted by Crippen LogP contribution is 2.05. The molecule has 0 bridgehead atoms. The zero-order chi connectivity index (χ0) is 10.3. The number of rotatable bonds is 7. The van der Waals surface area contributed by atoms with E-state index < -0.39 is 5.97 Å². The summed E-state index contributed by atoms with van der Waals surface area (Å²) in [6.45, 7) is 6.80. The first kappa shape index (κ1) is 12.4. The molecule has 13 heavy (non-hydrogen) atoms. The van der Waals surface area contributed by atoms with E-state index in [-0.39, 0.29) is 12.5 Å². The zero-order valence-corrected chi connectivity index (χ0v) is 8.75. The first-order valence-electron chi connectivity index (χ1n) is 4.85. The van der Waals surface area contributed by atoms with E-state index in [0.717, 1.165) is 12.8 Å². The normalized spacial score (nSPS) is 13.2. The fourth-order valence-electron chi connectivity index (χ4n) is 1.08. The van der Waals surface area contributed by atoms with Gasteiger partial charge in [-0.2, -0.15) is 0 Å². The molecule has 1 atom stereocenters. The van der Waals surface area contributed by atoms with Crippen molar-refractivity contribution in [2.75, 3.05) is 6.61 Å². The van der Waals surface area contributed by atoms with Gasteiger partial charge in [0.25, 0.3) is 0 Å². The summed E-state index contributed by atoms with van der Waals surface area (Å²) in [4.78, 5) is 10.3. The van der Waals surface area contributed by atoms with Crippen LogP contribution in [0, 0.1) is 5.92 Å². The van der Waals surface area contributed by atoms with E-state index in [1.807, 2.05) is 0 Å². The van der Waals surface area contributed by atoms with Crippen LogP contribution in [0.15, 0.2) is 0 Å². The maximum Gasteiger partial charge on any atom is 0.305 e. The third-order valence-electron chi connectivity index (χ3n) is 1.79. The van der Waals surface area contributed by atoms with Crippen LogP contribution < -0.4 is 0 Å². The van der Waals surface area contributed by atoms with Crippen molar-refractivity contribution >= 4 is 5.97 Å². The van der Waals surface area contributed by atoms with Gasteiger partial charge in [-0.3, -0.25) is 4.79 Å². The lowest BCUT2D eigenvalue weighted by Crippen LogP contribution is -2.14. The maximum atomic E-state index is 10.3. The van der Waals surface area contributed by atoms with Gasteiger partial charge in [0.1, 0.15) is 0 Å². The number of carboxylic acid groups (broad SMARTS) is 1. The number of ether oxygens (including phenoxy) is 1. The Hall–Kier alpha value is -0.570. The van der Waals surface area contributed by atoms with Gasteiger partial charge >= 0.3 is 5.97 Å². The maximum absolute atomic E-state index is 10.3. The van der Waals surface area contributed by atoms with Crippen LogP contribution >= 0.6 is 0 Å². The largest absolute Gasteiger partial charge is 0.481 e. The number of carbonyl (C=O) groups is 1. The molecule has 0 unspecified atom stereocenters. The Balaban J connectivity index is 3.26. The van der Waals surface area contributed by atoms with Crippen LogP contribution in [0.5, 0.6) is 0 Å². The molecule has 0 aromatic heterocycles. The molecule has 0 radical (unpaired) electrons. The molecule has 0 saturated heterocycles. The quantitative estimate of drug-likeness (QED) is 0.623. The summed E-state index contributed by atoms with van der Waals surface area (Å²) >= 11 is 0. The third kappa shape index (κ3) is 9.34. The minimum atomic E-state index is -0.795. The number of hydrogen-bond acceptors (Lipinski definition) is 2. The summed E-state index contributed by atoms with van der Waals surface area (Å²) in [5, 5.41) is 8.45. The summed E-state index contributed by atoms with van der Waals surface area (Å²) in [7, 11) is 0. The molecule has 3 heteroatoms. The molecule has 0 aromatic carbocycles. The fraction of sp³-hybridized carbons (Fsp3) is 0.900. The van der Waals surface area contributed by atoms with Gasteiger partial charge in [0.15, 0.2) is 0 Å². The summed E-state index contributed by atoms with van der Waals surface area (Å²) in [5.41, 5.74) is 0. The van der Waals surface area contributed by atoms with E-state index in [2.05, 4.69) is 13.8 Å². The number of aliphatic carboxylic acids is 1. The van der Waals surface area contributed by atoms with Crippen LogP contribution in [0.2, 0.25) is 0 Å². The molecule has 0 spiro atoms. The molecule has 1 N–H and O–H groups in total. The van der Waals surface area contributed by atoms with Gasteiger partial charge in [-0.1, -0.05) is 13.8 Å². The van der Waals surface area contributed by atoms with Crippen molar-refractivity contribution < 1.29 is 14.6 Å². The molecule has 0 fully saturated rings. The zero-order valence-electron chi connectivity index (χ0n) is 8.75. The van der Waals surface area contributed by atoms with E-state index in [1.54, 1.807) is 6.92 Å². The van der Waals surface area contributed by atoms with Crippen molar-refractivity contribution in [1.82, 2.24) is 0 Å². The SMILES string of the molecule is CC(C)CCCO[C@H](C)CC(=O)O. The Morgan fingerprint density at radius 1 is 1.38 bits per heavy atom. The van der Waals surface area contributed by atoms with Crippen LogP contribution in [-0.2, 0) is 9.53 Å². The van der Waals surface area contributed by atoms with E-state index in [1.165, 1.54) is 0 Å². The van der Waals surface area contributed by atoms with Crippen molar-refractivity contribution in [1.29, 1.82) is 0 Å². The second-order valence-electron chi connectivity index (χ2n) is 3.82. The Morgan fingerprint density at radius 2 is 2.00 bits per heavy atom. The van der Waals surface area contributed by atoms with Crippen molar-refractivity contribution in [3.63, 3.8) is 0 Å². The average molecular weight is 188 g/mol. The summed E-state index contributed by atoms with van der Waals surface area (Å²) in [6, 6.07) is 0. The average Bonchev–Trinajstić information content (AvgIpc) is 1.96. The van der Waals surface area contributed by atoms with Crippen molar-refractivity contribution in [2.45, 2.75) is 46.1 Å². The van der Waals surface area contributed by atoms with Crippen LogP contribution in [0.3, 0.4) is 0 Å². The molecule has 0 aliphatic heterocycles. The molecule has 0 rings (SSSR count). The monoisotopic (exact) mass is 188 g/mol. The van der Waals surface area contributed by atoms with Crippen molar-refractivity contribution in [2.24, 2.45) is 5.92 Å². The lowest BCUT2D eigenvalue weighted by molar-refractivity contribution is -0.139. The van der Waals surface area contributed by atoms with E-state index in [9.17, 15) is 4.79 Å².